The van der Waals surface area contributed by atoms with Crippen LogP contribution in [0, 0.1) is 6.92 Å². The van der Waals surface area contributed by atoms with Gasteiger partial charge in [0.25, 0.3) is 11.5 Å². The van der Waals surface area contributed by atoms with E-state index in [4.69, 9.17) is 0 Å². The van der Waals surface area contributed by atoms with Crippen molar-refractivity contribution in [1.29, 1.82) is 0 Å². The molecule has 3 aromatic rings. The molecule has 0 saturated heterocycles. The van der Waals surface area contributed by atoms with Crippen molar-refractivity contribution in [3.05, 3.63) is 56.6 Å². The van der Waals surface area contributed by atoms with Crippen LogP contribution < -0.4 is 10.9 Å². The molecule has 6 nitrogen and oxygen atoms in total. The van der Waals surface area contributed by atoms with E-state index >= 15 is 0 Å². The molecule has 0 aliphatic heterocycles. The van der Waals surface area contributed by atoms with Crippen LogP contribution in [0.4, 0.5) is 5.13 Å². The van der Waals surface area contributed by atoms with Crippen LogP contribution in [0.3, 0.4) is 0 Å². The topological polar surface area (TPSA) is 76.4 Å². The van der Waals surface area contributed by atoms with Gasteiger partial charge < -0.3 is 0 Å². The first-order valence-corrected chi connectivity index (χ1v) is 9.71. The minimum atomic E-state index is -0.459. The average molecular weight is 368 g/mol. The van der Waals surface area contributed by atoms with Gasteiger partial charge in [0.05, 0.1) is 5.69 Å². The van der Waals surface area contributed by atoms with E-state index in [1.807, 2.05) is 19.1 Å². The lowest BCUT2D eigenvalue weighted by molar-refractivity contribution is 0.102. The summed E-state index contributed by atoms with van der Waals surface area (Å²) in [5, 5.41) is 3.35. The van der Waals surface area contributed by atoms with Crippen LogP contribution in [-0.2, 0) is 12.8 Å². The first kappa shape index (κ1) is 16.9. The number of anilines is 1. The fourth-order valence-corrected chi connectivity index (χ4v) is 4.30. The largest absolute Gasteiger partial charge is 0.298 e. The molecule has 26 heavy (non-hydrogen) atoms. The van der Waals surface area contributed by atoms with Gasteiger partial charge in [-0.25, -0.2) is 9.97 Å². The highest BCUT2D eigenvalue weighted by molar-refractivity contribution is 7.15. The Balaban J connectivity index is 1.61. The number of hydrogen-bond acceptors (Lipinski definition) is 5. The standard InChI is InChI=1S/C19H20N4O2S/c1-12-8-9-23-16(10-12)20-11-13(18(23)25)17(24)22-19-21-14-6-4-2-3-5-7-15(14)26-19/h8-11H,2-7H2,1H3,(H,21,22,24). The fourth-order valence-electron chi connectivity index (χ4n) is 3.26. The highest BCUT2D eigenvalue weighted by Crippen LogP contribution is 2.28. The van der Waals surface area contributed by atoms with E-state index in [9.17, 15) is 9.59 Å². The molecular formula is C19H20N4O2S. The third-order valence-electron chi connectivity index (χ3n) is 4.68. The molecular weight excluding hydrogens is 348 g/mol. The van der Waals surface area contributed by atoms with Gasteiger partial charge in [-0.3, -0.25) is 19.3 Å². The molecule has 0 fully saturated rings. The number of hydrogen-bond donors (Lipinski definition) is 1. The third-order valence-corrected chi connectivity index (χ3v) is 5.75. The van der Waals surface area contributed by atoms with Crippen molar-refractivity contribution in [2.75, 3.05) is 5.32 Å². The fraction of sp³-hybridized carbons (Fsp3) is 0.368. The number of nitrogens with one attached hydrogen (secondary N) is 1. The number of aryl methyl sites for hydroxylation is 3. The van der Waals surface area contributed by atoms with Crippen molar-refractivity contribution in [1.82, 2.24) is 14.4 Å². The molecule has 7 heteroatoms. The molecule has 0 unspecified atom stereocenters. The van der Waals surface area contributed by atoms with Crippen molar-refractivity contribution in [3.8, 4) is 0 Å². The van der Waals surface area contributed by atoms with E-state index in [-0.39, 0.29) is 11.1 Å². The Hall–Kier alpha value is -2.54. The molecule has 0 aromatic carbocycles. The number of fused-ring (bicyclic) bond motifs is 2. The van der Waals surface area contributed by atoms with Crippen LogP contribution in [-0.4, -0.2) is 20.3 Å². The van der Waals surface area contributed by atoms with E-state index < -0.39 is 5.91 Å². The first-order valence-electron chi connectivity index (χ1n) is 8.90. The smallest absolute Gasteiger partial charge is 0.270 e. The Kier molecular flexibility index (Phi) is 4.55. The minimum Gasteiger partial charge on any atom is -0.298 e. The van der Waals surface area contributed by atoms with E-state index in [1.54, 1.807) is 6.20 Å². The molecule has 1 amide bonds. The molecule has 0 radical (unpaired) electrons. The Morgan fingerprint density at radius 2 is 2.04 bits per heavy atom. The van der Waals surface area contributed by atoms with E-state index in [2.05, 4.69) is 15.3 Å². The minimum absolute atomic E-state index is 0.0222. The monoisotopic (exact) mass is 368 g/mol. The van der Waals surface area contributed by atoms with Gasteiger partial charge in [0.2, 0.25) is 0 Å². The average Bonchev–Trinajstić information content (AvgIpc) is 2.95. The summed E-state index contributed by atoms with van der Waals surface area (Å²) in [5.74, 6) is -0.459. The second-order valence-electron chi connectivity index (χ2n) is 6.67. The van der Waals surface area contributed by atoms with Crippen molar-refractivity contribution >= 4 is 28.0 Å². The summed E-state index contributed by atoms with van der Waals surface area (Å²) in [7, 11) is 0. The third kappa shape index (κ3) is 3.26. The van der Waals surface area contributed by atoms with Gasteiger partial charge in [0, 0.05) is 17.3 Å². The lowest BCUT2D eigenvalue weighted by atomic mass is 10.0. The molecule has 0 atom stereocenters. The first-order chi connectivity index (χ1) is 12.6. The Morgan fingerprint density at radius 3 is 2.88 bits per heavy atom. The van der Waals surface area contributed by atoms with Gasteiger partial charge in [0.15, 0.2) is 5.13 Å². The maximum atomic E-state index is 12.6. The molecule has 0 spiro atoms. The number of carbonyl (C=O) groups excluding carboxylic acids is 1. The molecule has 1 aliphatic carbocycles. The van der Waals surface area contributed by atoms with Crippen molar-refractivity contribution in [3.63, 3.8) is 0 Å². The molecule has 4 rings (SSSR count). The van der Waals surface area contributed by atoms with Crippen LogP contribution in [0.2, 0.25) is 0 Å². The molecule has 0 saturated carbocycles. The van der Waals surface area contributed by atoms with Gasteiger partial charge in [-0.2, -0.15) is 0 Å². The van der Waals surface area contributed by atoms with Crippen molar-refractivity contribution in [2.24, 2.45) is 0 Å². The number of rotatable bonds is 2. The van der Waals surface area contributed by atoms with Crippen molar-refractivity contribution < 1.29 is 4.79 Å². The lowest BCUT2D eigenvalue weighted by Crippen LogP contribution is -2.26. The summed E-state index contributed by atoms with van der Waals surface area (Å²) in [6.45, 7) is 1.93. The van der Waals surface area contributed by atoms with Crippen LogP contribution >= 0.6 is 11.3 Å². The summed E-state index contributed by atoms with van der Waals surface area (Å²) in [6, 6.07) is 3.63. The molecule has 1 aliphatic rings. The number of carbonyl (C=O) groups is 1. The van der Waals surface area contributed by atoms with Crippen LogP contribution in [0.1, 0.15) is 52.2 Å². The molecule has 1 N–H and O–H groups in total. The highest BCUT2D eigenvalue weighted by atomic mass is 32.1. The van der Waals surface area contributed by atoms with Gasteiger partial charge in [-0.05, 0) is 50.3 Å². The summed E-state index contributed by atoms with van der Waals surface area (Å²) >= 11 is 1.52. The maximum absolute atomic E-state index is 12.6. The Bertz CT molecular complexity index is 1010. The number of nitrogens with zero attached hydrogens (tertiary/aromatic N) is 3. The number of thiazole rings is 1. The van der Waals surface area contributed by atoms with Gasteiger partial charge in [-0.15, -0.1) is 11.3 Å². The molecule has 134 valence electrons. The van der Waals surface area contributed by atoms with Gasteiger partial charge in [0.1, 0.15) is 11.2 Å². The zero-order valence-electron chi connectivity index (χ0n) is 14.6. The predicted molar refractivity (Wildman–Crippen MR) is 102 cm³/mol. The predicted octanol–water partition coefficient (Wildman–Crippen LogP) is 3.37. The van der Waals surface area contributed by atoms with Crippen LogP contribution in [0.15, 0.2) is 29.3 Å². The molecule has 3 heterocycles. The second kappa shape index (κ2) is 6.99. The molecule has 3 aromatic heterocycles. The van der Waals surface area contributed by atoms with Crippen LogP contribution in [0.25, 0.3) is 5.65 Å². The lowest BCUT2D eigenvalue weighted by Gasteiger charge is -2.06. The van der Waals surface area contributed by atoms with Crippen LogP contribution in [0.5, 0.6) is 0 Å². The normalized spacial score (nSPS) is 14.5. The SMILES string of the molecule is Cc1ccn2c(=O)c(C(=O)Nc3nc4c(s3)CCCCCC4)cnc2c1. The maximum Gasteiger partial charge on any atom is 0.270 e. The second-order valence-corrected chi connectivity index (χ2v) is 7.75. The zero-order chi connectivity index (χ0) is 18.1. The summed E-state index contributed by atoms with van der Waals surface area (Å²) < 4.78 is 1.39. The summed E-state index contributed by atoms with van der Waals surface area (Å²) in [5.41, 5.74) is 2.28. The highest BCUT2D eigenvalue weighted by Gasteiger charge is 2.18. The number of pyridine rings is 1. The Labute approximate surface area is 154 Å². The molecule has 0 bridgehead atoms. The Morgan fingerprint density at radius 1 is 1.23 bits per heavy atom. The van der Waals surface area contributed by atoms with E-state index in [0.29, 0.717) is 10.8 Å². The summed E-state index contributed by atoms with van der Waals surface area (Å²) in [4.78, 5) is 35.3. The summed E-state index contributed by atoms with van der Waals surface area (Å²) in [6.07, 6.45) is 9.75. The van der Waals surface area contributed by atoms with Gasteiger partial charge >= 0.3 is 0 Å². The number of amides is 1. The number of aromatic nitrogens is 3. The van der Waals surface area contributed by atoms with Gasteiger partial charge in [-0.1, -0.05) is 12.8 Å². The van der Waals surface area contributed by atoms with E-state index in [0.717, 1.165) is 36.9 Å². The van der Waals surface area contributed by atoms with E-state index in [1.165, 1.54) is 39.7 Å². The van der Waals surface area contributed by atoms with Crippen molar-refractivity contribution in [2.45, 2.75) is 45.4 Å². The zero-order valence-corrected chi connectivity index (χ0v) is 15.4. The quantitative estimate of drug-likeness (QED) is 0.752.